The third-order valence-electron chi connectivity index (χ3n) is 0.333. The zero-order valence-corrected chi connectivity index (χ0v) is 3.69. The molecule has 0 N–H and O–H groups in total. The van der Waals surface area contributed by atoms with Crippen molar-refractivity contribution in [3.63, 3.8) is 0 Å². The van der Waals surface area contributed by atoms with E-state index in [4.69, 9.17) is 4.74 Å². The molecule has 5 heavy (non-hydrogen) atoms. The second-order valence-electron chi connectivity index (χ2n) is 0.691. The third kappa shape index (κ3) is 3.83. The maximum absolute atomic E-state index is 4.71. The van der Waals surface area contributed by atoms with E-state index < -0.39 is 0 Å². The molecule has 0 heterocycles. The quantitative estimate of drug-likeness (QED) is 0.446. The van der Waals surface area contributed by atoms with Crippen molar-refractivity contribution in [1.82, 2.24) is 0 Å². The Morgan fingerprint density at radius 2 is 2.40 bits per heavy atom. The Hall–Kier alpha value is -0.170. The minimum absolute atomic E-state index is 0.788. The van der Waals surface area contributed by atoms with Crippen LogP contribution in [0.5, 0.6) is 0 Å². The highest BCUT2D eigenvalue weighted by atomic mass is 16.5. The minimum atomic E-state index is 0.788. The van der Waals surface area contributed by atoms with Gasteiger partial charge in [-0.3, -0.25) is 0 Å². The molecule has 0 aromatic heterocycles. The number of hydrogen-bond acceptors (Lipinski definition) is 1. The van der Waals surface area contributed by atoms with Crippen molar-refractivity contribution in [2.45, 2.75) is 13.8 Å². The molecule has 0 bridgehead atoms. The summed E-state index contributed by atoms with van der Waals surface area (Å²) >= 11 is 0. The van der Waals surface area contributed by atoms with Crippen LogP contribution >= 0.6 is 0 Å². The maximum atomic E-state index is 4.71. The Balaban J connectivity index is 2.19. The van der Waals surface area contributed by atoms with Crippen molar-refractivity contribution >= 4 is 0 Å². The molecule has 30 valence electrons. The summed E-state index contributed by atoms with van der Waals surface area (Å²) < 4.78 is 4.71. The normalized spacial score (nSPS) is 7.60. The van der Waals surface area contributed by atoms with Gasteiger partial charge in [-0.15, -0.1) is 0 Å². The van der Waals surface area contributed by atoms with Gasteiger partial charge >= 0.3 is 0 Å². The molecule has 0 spiro atoms. The van der Waals surface area contributed by atoms with Crippen LogP contribution in [0.4, 0.5) is 0 Å². The molecule has 0 saturated carbocycles. The van der Waals surface area contributed by atoms with Gasteiger partial charge in [-0.25, -0.2) is 0 Å². The van der Waals surface area contributed by atoms with Crippen LogP contribution in [0, 0.1) is 6.61 Å². The van der Waals surface area contributed by atoms with Gasteiger partial charge in [0.05, 0.1) is 6.61 Å². The predicted octanol–water partition coefficient (Wildman–Crippen LogP) is 1.20. The molecule has 0 atom stereocenters. The van der Waals surface area contributed by atoms with Crippen molar-refractivity contribution in [3.05, 3.63) is 6.61 Å². The number of rotatable bonds is 2. The van der Waals surface area contributed by atoms with Gasteiger partial charge in [0.25, 0.3) is 0 Å². The first-order chi connectivity index (χ1) is 2.41. The molecule has 0 aliphatic carbocycles. The summed E-state index contributed by atoms with van der Waals surface area (Å²) in [6, 6.07) is 0. The summed E-state index contributed by atoms with van der Waals surface area (Å²) in [5.74, 6) is 0. The van der Waals surface area contributed by atoms with Crippen molar-refractivity contribution in [1.29, 1.82) is 0 Å². The topological polar surface area (TPSA) is 9.23 Å². The average Bonchev–Trinajstić information content (AvgIpc) is 1.41. The van der Waals surface area contributed by atoms with Crippen LogP contribution in [0.1, 0.15) is 13.8 Å². The Morgan fingerprint density at radius 1 is 1.80 bits per heavy atom. The zero-order chi connectivity index (χ0) is 4.12. The lowest BCUT2D eigenvalue weighted by atomic mass is 10.8. The molecule has 0 aromatic carbocycles. The van der Waals surface area contributed by atoms with E-state index in [2.05, 4.69) is 0 Å². The van der Waals surface area contributed by atoms with E-state index in [1.54, 1.807) is 6.61 Å². The van der Waals surface area contributed by atoms with Gasteiger partial charge < -0.3 is 0 Å². The van der Waals surface area contributed by atoms with E-state index >= 15 is 0 Å². The predicted molar refractivity (Wildman–Crippen MR) is 21.6 cm³/mol. The van der Waals surface area contributed by atoms with E-state index in [1.807, 2.05) is 13.8 Å². The van der Waals surface area contributed by atoms with E-state index in [9.17, 15) is 0 Å². The van der Waals surface area contributed by atoms with Gasteiger partial charge in [0.2, 0.25) is 6.61 Å². The fraction of sp³-hybridized carbons (Fsp3) is 0.750. The molecule has 0 aliphatic heterocycles. The molecule has 0 fully saturated rings. The van der Waals surface area contributed by atoms with Crippen LogP contribution < -0.4 is 0 Å². The molecular formula is C4H9O+. The highest BCUT2D eigenvalue weighted by Gasteiger charge is 1.77. The third-order valence-corrected chi connectivity index (χ3v) is 0.333. The molecule has 0 aliphatic rings. The second kappa shape index (κ2) is 3.83. The van der Waals surface area contributed by atoms with E-state index in [0.29, 0.717) is 0 Å². The molecule has 0 radical (unpaired) electrons. The van der Waals surface area contributed by atoms with Crippen LogP contribution in [-0.4, -0.2) is 6.61 Å². The smallest absolute Gasteiger partial charge is 0.197 e. The highest BCUT2D eigenvalue weighted by Crippen LogP contribution is 1.72. The van der Waals surface area contributed by atoms with Crippen LogP contribution in [0.2, 0.25) is 0 Å². The van der Waals surface area contributed by atoms with Crippen molar-refractivity contribution in [3.8, 4) is 0 Å². The number of ether oxygens (including phenoxy) is 1. The second-order valence-corrected chi connectivity index (χ2v) is 0.691. The summed E-state index contributed by atoms with van der Waals surface area (Å²) in [4.78, 5) is 0. The summed E-state index contributed by atoms with van der Waals surface area (Å²) in [5.41, 5.74) is 0. The lowest BCUT2D eigenvalue weighted by molar-refractivity contribution is 0.221. The number of hydrogen-bond donors (Lipinski definition) is 0. The highest BCUT2D eigenvalue weighted by molar-refractivity contribution is 4.28. The first kappa shape index (κ1) is 4.83. The fourth-order valence-corrected chi connectivity index (χ4v) is 0.167. The average molecular weight is 73.1 g/mol. The minimum Gasteiger partial charge on any atom is -0.197 e. The van der Waals surface area contributed by atoms with Gasteiger partial charge in [-0.2, -0.15) is 4.74 Å². The van der Waals surface area contributed by atoms with Crippen molar-refractivity contribution in [2.24, 2.45) is 0 Å². The Bertz CT molecular complexity index is 11.1. The lowest BCUT2D eigenvalue weighted by Gasteiger charge is -1.72. The fourth-order valence-electron chi connectivity index (χ4n) is 0.167. The molecule has 1 heteroatoms. The van der Waals surface area contributed by atoms with Gasteiger partial charge in [0.1, 0.15) is 6.92 Å². The summed E-state index contributed by atoms with van der Waals surface area (Å²) in [6.45, 7) is 6.29. The van der Waals surface area contributed by atoms with E-state index in [-0.39, 0.29) is 0 Å². The van der Waals surface area contributed by atoms with Gasteiger partial charge in [-0.1, -0.05) is 0 Å². The van der Waals surface area contributed by atoms with Crippen molar-refractivity contribution in [2.75, 3.05) is 6.61 Å². The molecule has 0 aromatic rings. The zero-order valence-electron chi connectivity index (χ0n) is 3.69. The molecule has 0 unspecified atom stereocenters. The lowest BCUT2D eigenvalue weighted by Crippen LogP contribution is -1.77. The summed E-state index contributed by atoms with van der Waals surface area (Å²) in [5, 5.41) is 0. The molecule has 0 rings (SSSR count). The monoisotopic (exact) mass is 73.1 g/mol. The molecule has 0 amide bonds. The van der Waals surface area contributed by atoms with Crippen molar-refractivity contribution < 1.29 is 4.74 Å². The SMILES string of the molecule is C[CH+]OCC. The van der Waals surface area contributed by atoms with Gasteiger partial charge in [0, 0.05) is 0 Å². The largest absolute Gasteiger partial charge is 0.224 e. The molecule has 0 saturated heterocycles. The van der Waals surface area contributed by atoms with Gasteiger partial charge in [-0.05, 0) is 6.92 Å². The molecule has 1 nitrogen and oxygen atoms in total. The Kier molecular flexibility index (Phi) is 3.70. The first-order valence-electron chi connectivity index (χ1n) is 1.81. The standard InChI is InChI=1S/C4H9O/c1-3-5-4-2/h3H,4H2,1-2H3/q+1. The van der Waals surface area contributed by atoms with E-state index in [1.165, 1.54) is 0 Å². The van der Waals surface area contributed by atoms with Crippen LogP contribution in [-0.2, 0) is 4.74 Å². The van der Waals surface area contributed by atoms with E-state index in [0.717, 1.165) is 6.61 Å². The van der Waals surface area contributed by atoms with Crippen LogP contribution in [0.25, 0.3) is 0 Å². The Labute approximate surface area is 32.9 Å². The first-order valence-corrected chi connectivity index (χ1v) is 1.81. The summed E-state index contributed by atoms with van der Waals surface area (Å²) in [6.07, 6.45) is 0. The van der Waals surface area contributed by atoms with Crippen LogP contribution in [0.3, 0.4) is 0 Å². The molecular weight excluding hydrogens is 64.0 g/mol. The Morgan fingerprint density at radius 3 is 2.40 bits per heavy atom. The maximum Gasteiger partial charge on any atom is 0.224 e. The summed E-state index contributed by atoms with van der Waals surface area (Å²) in [7, 11) is 0. The van der Waals surface area contributed by atoms with Crippen LogP contribution in [0.15, 0.2) is 0 Å². The van der Waals surface area contributed by atoms with Gasteiger partial charge in [0.15, 0.2) is 0 Å².